The van der Waals surface area contributed by atoms with Gasteiger partial charge < -0.3 is 10.8 Å². The molecule has 0 radical (unpaired) electrons. The molecule has 112 valence electrons. The number of rotatable bonds is 2. The Labute approximate surface area is 128 Å². The first kappa shape index (κ1) is 15.8. The lowest BCUT2D eigenvalue weighted by Gasteiger charge is -2.22. The summed E-state index contributed by atoms with van der Waals surface area (Å²) in [5.74, 6) is 0. The van der Waals surface area contributed by atoms with Crippen LogP contribution < -0.4 is 5.73 Å². The van der Waals surface area contributed by atoms with Crippen molar-refractivity contribution in [1.82, 2.24) is 4.31 Å². The van der Waals surface area contributed by atoms with E-state index in [4.69, 9.17) is 5.73 Å². The van der Waals surface area contributed by atoms with Crippen LogP contribution in [0.2, 0.25) is 0 Å². The summed E-state index contributed by atoms with van der Waals surface area (Å²) in [6, 6.07) is 4.64. The van der Waals surface area contributed by atoms with Crippen LogP contribution in [0.3, 0.4) is 0 Å². The highest BCUT2D eigenvalue weighted by Gasteiger charge is 2.31. The van der Waals surface area contributed by atoms with Crippen LogP contribution >= 0.6 is 15.9 Å². The van der Waals surface area contributed by atoms with Crippen molar-refractivity contribution in [3.8, 4) is 0 Å². The van der Waals surface area contributed by atoms with E-state index in [1.807, 2.05) is 0 Å². The number of nitrogens with two attached hydrogens (primary N) is 1. The third-order valence-electron chi connectivity index (χ3n) is 3.63. The lowest BCUT2D eigenvalue weighted by Crippen LogP contribution is -2.33. The average molecular weight is 363 g/mol. The zero-order chi connectivity index (χ0) is 15.0. The Balaban J connectivity index is 2.28. The molecule has 7 heteroatoms. The molecule has 0 saturated carbocycles. The van der Waals surface area contributed by atoms with Crippen LogP contribution in [-0.4, -0.2) is 36.5 Å². The molecule has 0 bridgehead atoms. The predicted molar refractivity (Wildman–Crippen MR) is 81.8 cm³/mol. The first-order chi connectivity index (χ1) is 9.22. The monoisotopic (exact) mass is 362 g/mol. The van der Waals surface area contributed by atoms with E-state index < -0.39 is 15.6 Å². The van der Waals surface area contributed by atoms with Gasteiger partial charge in [-0.2, -0.15) is 4.31 Å². The summed E-state index contributed by atoms with van der Waals surface area (Å²) in [4.78, 5) is 0.194. The highest BCUT2D eigenvalue weighted by Crippen LogP contribution is 2.28. The lowest BCUT2D eigenvalue weighted by molar-refractivity contribution is 0.0465. The highest BCUT2D eigenvalue weighted by molar-refractivity contribution is 9.10. The van der Waals surface area contributed by atoms with Crippen LogP contribution in [0, 0.1) is 0 Å². The first-order valence-corrected chi connectivity index (χ1v) is 8.73. The molecular weight excluding hydrogens is 344 g/mol. The van der Waals surface area contributed by atoms with Crippen molar-refractivity contribution in [2.45, 2.75) is 36.7 Å². The molecule has 0 amide bonds. The van der Waals surface area contributed by atoms with Crippen LogP contribution in [0.25, 0.3) is 0 Å². The van der Waals surface area contributed by atoms with Gasteiger partial charge in [-0.3, -0.25) is 0 Å². The summed E-state index contributed by atoms with van der Waals surface area (Å²) < 4.78 is 27.3. The van der Waals surface area contributed by atoms with E-state index in [0.717, 1.165) is 0 Å². The van der Waals surface area contributed by atoms with Gasteiger partial charge in [0.1, 0.15) is 0 Å². The molecule has 1 saturated heterocycles. The number of benzene rings is 1. The summed E-state index contributed by atoms with van der Waals surface area (Å²) in [6.07, 6.45) is 1.71. The van der Waals surface area contributed by atoms with Gasteiger partial charge in [0.2, 0.25) is 10.0 Å². The SMILES string of the molecule is CC1(O)CCCN(S(=O)(=O)c2ccc(Br)c(N)c2)CC1. The number of sulfonamides is 1. The second-order valence-electron chi connectivity index (χ2n) is 5.44. The minimum absolute atomic E-state index is 0.194. The summed E-state index contributed by atoms with van der Waals surface area (Å²) in [5.41, 5.74) is 5.36. The van der Waals surface area contributed by atoms with Gasteiger partial charge in [-0.15, -0.1) is 0 Å². The van der Waals surface area contributed by atoms with E-state index in [-0.39, 0.29) is 4.90 Å². The van der Waals surface area contributed by atoms with Crippen molar-refractivity contribution < 1.29 is 13.5 Å². The molecule has 0 spiro atoms. The molecule has 20 heavy (non-hydrogen) atoms. The van der Waals surface area contributed by atoms with Gasteiger partial charge in [0.15, 0.2) is 0 Å². The van der Waals surface area contributed by atoms with Gasteiger partial charge in [0.25, 0.3) is 0 Å². The van der Waals surface area contributed by atoms with Gasteiger partial charge in [-0.1, -0.05) is 0 Å². The van der Waals surface area contributed by atoms with E-state index in [0.29, 0.717) is 42.5 Å². The van der Waals surface area contributed by atoms with Crippen LogP contribution in [0.1, 0.15) is 26.2 Å². The number of halogens is 1. The predicted octanol–water partition coefficient (Wildman–Crippen LogP) is 1.96. The van der Waals surface area contributed by atoms with Crippen LogP contribution in [0.4, 0.5) is 5.69 Å². The summed E-state index contributed by atoms with van der Waals surface area (Å²) in [5, 5.41) is 10.0. The maximum Gasteiger partial charge on any atom is 0.243 e. The number of nitrogens with zero attached hydrogens (tertiary/aromatic N) is 1. The van der Waals surface area contributed by atoms with Gasteiger partial charge in [0.05, 0.1) is 10.5 Å². The standard InChI is InChI=1S/C13H19BrN2O3S/c1-13(17)5-2-7-16(8-6-13)20(18,19)10-3-4-11(14)12(15)9-10/h3-4,9,17H,2,5-8,15H2,1H3. The maximum absolute atomic E-state index is 12.6. The van der Waals surface area contributed by atoms with E-state index in [1.165, 1.54) is 10.4 Å². The number of hydrogen-bond acceptors (Lipinski definition) is 4. The van der Waals surface area contributed by atoms with Crippen LogP contribution in [-0.2, 0) is 10.0 Å². The molecule has 2 rings (SSSR count). The van der Waals surface area contributed by atoms with E-state index >= 15 is 0 Å². The van der Waals surface area contributed by atoms with E-state index in [2.05, 4.69) is 15.9 Å². The van der Waals surface area contributed by atoms with Gasteiger partial charge in [-0.25, -0.2) is 8.42 Å². The second-order valence-corrected chi connectivity index (χ2v) is 8.23. The molecule has 1 fully saturated rings. The Hall–Kier alpha value is -0.630. The molecule has 1 unspecified atom stereocenters. The smallest absolute Gasteiger partial charge is 0.243 e. The fraction of sp³-hybridized carbons (Fsp3) is 0.538. The topological polar surface area (TPSA) is 83.6 Å². The molecule has 0 aliphatic carbocycles. The van der Waals surface area contributed by atoms with Crippen molar-refractivity contribution in [2.75, 3.05) is 18.8 Å². The highest BCUT2D eigenvalue weighted by atomic mass is 79.9. The summed E-state index contributed by atoms with van der Waals surface area (Å²) >= 11 is 3.25. The second kappa shape index (κ2) is 5.63. The normalized spacial score (nSPS) is 25.4. The summed E-state index contributed by atoms with van der Waals surface area (Å²) in [6.45, 7) is 2.50. The fourth-order valence-corrected chi connectivity index (χ4v) is 4.07. The maximum atomic E-state index is 12.6. The van der Waals surface area contributed by atoms with Gasteiger partial charge >= 0.3 is 0 Å². The van der Waals surface area contributed by atoms with Gasteiger partial charge in [-0.05, 0) is 60.3 Å². The Morgan fingerprint density at radius 1 is 1.35 bits per heavy atom. The molecule has 5 nitrogen and oxygen atoms in total. The van der Waals surface area contributed by atoms with E-state index in [9.17, 15) is 13.5 Å². The van der Waals surface area contributed by atoms with Crippen LogP contribution in [0.15, 0.2) is 27.6 Å². The largest absolute Gasteiger partial charge is 0.398 e. The zero-order valence-corrected chi connectivity index (χ0v) is 13.7. The minimum Gasteiger partial charge on any atom is -0.398 e. The minimum atomic E-state index is -3.55. The van der Waals surface area contributed by atoms with Crippen molar-refractivity contribution in [3.63, 3.8) is 0 Å². The zero-order valence-electron chi connectivity index (χ0n) is 11.3. The molecule has 1 heterocycles. The fourth-order valence-electron chi connectivity index (χ4n) is 2.31. The molecule has 1 aromatic rings. The quantitative estimate of drug-likeness (QED) is 0.787. The average Bonchev–Trinajstić information content (AvgIpc) is 2.54. The van der Waals surface area contributed by atoms with Crippen LogP contribution in [0.5, 0.6) is 0 Å². The van der Waals surface area contributed by atoms with Crippen molar-refractivity contribution in [1.29, 1.82) is 0 Å². The molecule has 1 aliphatic heterocycles. The van der Waals surface area contributed by atoms with Crippen molar-refractivity contribution >= 4 is 31.6 Å². The van der Waals surface area contributed by atoms with Crippen molar-refractivity contribution in [2.24, 2.45) is 0 Å². The third-order valence-corrected chi connectivity index (χ3v) is 6.24. The third kappa shape index (κ3) is 3.33. The first-order valence-electron chi connectivity index (χ1n) is 6.50. The Morgan fingerprint density at radius 3 is 2.70 bits per heavy atom. The lowest BCUT2D eigenvalue weighted by atomic mass is 9.98. The van der Waals surface area contributed by atoms with Crippen molar-refractivity contribution in [3.05, 3.63) is 22.7 Å². The molecule has 1 atom stereocenters. The Kier molecular flexibility index (Phi) is 4.44. The molecule has 1 aromatic carbocycles. The number of nitrogen functional groups attached to an aromatic ring is 1. The van der Waals surface area contributed by atoms with Gasteiger partial charge in [0, 0.05) is 23.2 Å². The molecule has 1 aliphatic rings. The Morgan fingerprint density at radius 2 is 2.05 bits per heavy atom. The number of anilines is 1. The molecular formula is C13H19BrN2O3S. The molecule has 0 aromatic heterocycles. The Bertz CT molecular complexity index is 602. The molecule has 3 N–H and O–H groups in total. The number of aliphatic hydroxyl groups is 1. The van der Waals surface area contributed by atoms with E-state index in [1.54, 1.807) is 19.1 Å². The summed E-state index contributed by atoms with van der Waals surface area (Å²) in [7, 11) is -3.55. The number of hydrogen-bond donors (Lipinski definition) is 2.